The molecule has 0 spiro atoms. The van der Waals surface area contributed by atoms with Gasteiger partial charge in [-0.15, -0.1) is 0 Å². The highest BCUT2D eigenvalue weighted by Crippen LogP contribution is 2.40. The van der Waals surface area contributed by atoms with Crippen molar-refractivity contribution in [3.63, 3.8) is 0 Å². The maximum absolute atomic E-state index is 11.4. The molecule has 0 saturated carbocycles. The average molecular weight is 256 g/mol. The van der Waals surface area contributed by atoms with Gasteiger partial charge in [0.05, 0.1) is 6.20 Å². The first-order chi connectivity index (χ1) is 9.08. The van der Waals surface area contributed by atoms with E-state index >= 15 is 0 Å². The highest BCUT2D eigenvalue weighted by atomic mass is 16.6. The maximum atomic E-state index is 11.4. The Labute approximate surface area is 112 Å². The summed E-state index contributed by atoms with van der Waals surface area (Å²) in [5.74, 6) is -0.122. The molecular weight excluding hydrogens is 240 g/mol. The third-order valence-electron chi connectivity index (χ3n) is 3.66. The molecule has 1 atom stereocenters. The summed E-state index contributed by atoms with van der Waals surface area (Å²) in [5, 5.41) is 4.21. The van der Waals surface area contributed by atoms with Crippen molar-refractivity contribution in [1.29, 1.82) is 0 Å². The third-order valence-corrected chi connectivity index (χ3v) is 3.66. The number of esters is 1. The van der Waals surface area contributed by atoms with Crippen molar-refractivity contribution in [3.05, 3.63) is 42.2 Å². The summed E-state index contributed by atoms with van der Waals surface area (Å²) < 4.78 is 7.31. The quantitative estimate of drug-likeness (QED) is 0.776. The van der Waals surface area contributed by atoms with Crippen LogP contribution < -0.4 is 0 Å². The molecule has 4 nitrogen and oxygen atoms in total. The van der Waals surface area contributed by atoms with Crippen LogP contribution in [-0.2, 0) is 22.2 Å². The number of benzene rings is 1. The van der Waals surface area contributed by atoms with Gasteiger partial charge in [0.25, 0.3) is 0 Å². The summed E-state index contributed by atoms with van der Waals surface area (Å²) in [4.78, 5) is 11.4. The Kier molecular flexibility index (Phi) is 2.66. The molecule has 0 N–H and O–H groups in total. The fourth-order valence-electron chi connectivity index (χ4n) is 2.64. The minimum Gasteiger partial charge on any atom is -0.454 e. The Morgan fingerprint density at radius 1 is 1.37 bits per heavy atom. The van der Waals surface area contributed by atoms with E-state index in [-0.39, 0.29) is 5.97 Å². The molecule has 1 fully saturated rings. The van der Waals surface area contributed by atoms with Crippen molar-refractivity contribution in [2.45, 2.75) is 25.4 Å². The molecule has 1 aromatic heterocycles. The predicted molar refractivity (Wildman–Crippen MR) is 71.3 cm³/mol. The van der Waals surface area contributed by atoms with Crippen molar-refractivity contribution in [2.24, 2.45) is 7.05 Å². The molecule has 1 unspecified atom stereocenters. The van der Waals surface area contributed by atoms with E-state index in [1.54, 1.807) is 4.68 Å². The van der Waals surface area contributed by atoms with Gasteiger partial charge in [-0.05, 0) is 12.5 Å². The van der Waals surface area contributed by atoms with Gasteiger partial charge in [-0.2, -0.15) is 5.10 Å². The van der Waals surface area contributed by atoms with Crippen LogP contribution in [0.1, 0.15) is 25.3 Å². The van der Waals surface area contributed by atoms with E-state index in [0.717, 1.165) is 23.1 Å². The van der Waals surface area contributed by atoms with E-state index in [1.165, 1.54) is 0 Å². The van der Waals surface area contributed by atoms with Gasteiger partial charge in [0, 0.05) is 37.2 Å². The van der Waals surface area contributed by atoms with Crippen LogP contribution in [0, 0.1) is 0 Å². The topological polar surface area (TPSA) is 44.1 Å². The second-order valence-electron chi connectivity index (χ2n) is 5.15. The lowest BCUT2D eigenvalue weighted by Gasteiger charge is -2.25. The Balaban J connectivity index is 2.10. The number of hydrogen-bond donors (Lipinski definition) is 0. The standard InChI is InChI=1S/C15H16N2O2/c1-15(8-7-14(18)19-15)13-6-4-3-5-12(13)11-9-16-17(2)10-11/h3-6,9-10H,7-8H2,1-2H3. The molecular formula is C15H16N2O2. The first-order valence-electron chi connectivity index (χ1n) is 6.39. The van der Waals surface area contributed by atoms with E-state index in [4.69, 9.17) is 4.74 Å². The minimum absolute atomic E-state index is 0.122. The first-order valence-corrected chi connectivity index (χ1v) is 6.39. The molecule has 1 aliphatic heterocycles. The van der Waals surface area contributed by atoms with Gasteiger partial charge in [-0.1, -0.05) is 24.3 Å². The number of ether oxygens (including phenoxy) is 1. The minimum atomic E-state index is -0.524. The Morgan fingerprint density at radius 3 is 2.79 bits per heavy atom. The van der Waals surface area contributed by atoms with Gasteiger partial charge in [0.2, 0.25) is 0 Å². The molecule has 3 rings (SSSR count). The van der Waals surface area contributed by atoms with E-state index < -0.39 is 5.60 Å². The number of aromatic nitrogens is 2. The van der Waals surface area contributed by atoms with E-state index in [9.17, 15) is 4.79 Å². The molecule has 1 aromatic carbocycles. The monoisotopic (exact) mass is 256 g/mol. The summed E-state index contributed by atoms with van der Waals surface area (Å²) in [6, 6.07) is 8.04. The zero-order chi connectivity index (χ0) is 13.5. The van der Waals surface area contributed by atoms with Crippen molar-refractivity contribution in [1.82, 2.24) is 9.78 Å². The van der Waals surface area contributed by atoms with Crippen molar-refractivity contribution >= 4 is 5.97 Å². The number of carbonyl (C=O) groups is 1. The van der Waals surface area contributed by atoms with Crippen LogP contribution in [0.5, 0.6) is 0 Å². The normalized spacial score (nSPS) is 22.5. The second kappa shape index (κ2) is 4.23. The Morgan fingerprint density at radius 2 is 2.16 bits per heavy atom. The zero-order valence-electron chi connectivity index (χ0n) is 11.1. The summed E-state index contributed by atoms with van der Waals surface area (Å²) >= 11 is 0. The van der Waals surface area contributed by atoms with Crippen molar-refractivity contribution < 1.29 is 9.53 Å². The summed E-state index contributed by atoms with van der Waals surface area (Å²) in [5.41, 5.74) is 2.65. The number of rotatable bonds is 2. The molecule has 1 aliphatic rings. The molecule has 0 bridgehead atoms. The van der Waals surface area contributed by atoms with Crippen LogP contribution >= 0.6 is 0 Å². The van der Waals surface area contributed by atoms with Crippen LogP contribution in [0.2, 0.25) is 0 Å². The molecule has 1 saturated heterocycles. The molecule has 19 heavy (non-hydrogen) atoms. The smallest absolute Gasteiger partial charge is 0.306 e. The third kappa shape index (κ3) is 2.03. The number of carbonyl (C=O) groups excluding carboxylic acids is 1. The van der Waals surface area contributed by atoms with Crippen LogP contribution in [0.4, 0.5) is 0 Å². The fraction of sp³-hybridized carbons (Fsp3) is 0.333. The van der Waals surface area contributed by atoms with E-state index in [2.05, 4.69) is 5.10 Å². The molecule has 98 valence electrons. The summed E-state index contributed by atoms with van der Waals surface area (Å²) in [7, 11) is 1.89. The van der Waals surface area contributed by atoms with Crippen molar-refractivity contribution in [3.8, 4) is 11.1 Å². The number of aryl methyl sites for hydroxylation is 1. The molecule has 0 aliphatic carbocycles. The summed E-state index contributed by atoms with van der Waals surface area (Å²) in [6.07, 6.45) is 5.01. The highest BCUT2D eigenvalue weighted by molar-refractivity contribution is 5.75. The number of hydrogen-bond acceptors (Lipinski definition) is 3. The molecule has 0 radical (unpaired) electrons. The highest BCUT2D eigenvalue weighted by Gasteiger charge is 2.39. The van der Waals surface area contributed by atoms with Crippen LogP contribution in [-0.4, -0.2) is 15.7 Å². The zero-order valence-corrected chi connectivity index (χ0v) is 11.1. The largest absolute Gasteiger partial charge is 0.454 e. The molecule has 2 heterocycles. The van der Waals surface area contributed by atoms with Gasteiger partial charge in [-0.25, -0.2) is 0 Å². The van der Waals surface area contributed by atoms with Gasteiger partial charge < -0.3 is 4.74 Å². The van der Waals surface area contributed by atoms with Crippen LogP contribution in [0.15, 0.2) is 36.7 Å². The van der Waals surface area contributed by atoms with E-state index in [0.29, 0.717) is 6.42 Å². The molecule has 2 aromatic rings. The maximum Gasteiger partial charge on any atom is 0.306 e. The fourth-order valence-corrected chi connectivity index (χ4v) is 2.64. The lowest BCUT2D eigenvalue weighted by molar-refractivity contribution is -0.147. The number of nitrogens with zero attached hydrogens (tertiary/aromatic N) is 2. The van der Waals surface area contributed by atoms with E-state index in [1.807, 2.05) is 50.6 Å². The predicted octanol–water partition coefficient (Wildman–Crippen LogP) is 2.64. The molecule has 4 heteroatoms. The number of cyclic esters (lactones) is 1. The van der Waals surface area contributed by atoms with Gasteiger partial charge in [-0.3, -0.25) is 9.48 Å². The van der Waals surface area contributed by atoms with Gasteiger partial charge in [0.15, 0.2) is 0 Å². The van der Waals surface area contributed by atoms with Gasteiger partial charge in [0.1, 0.15) is 5.60 Å². The SMILES string of the molecule is Cn1cc(-c2ccccc2C2(C)CCC(=O)O2)cn1. The average Bonchev–Trinajstić information content (AvgIpc) is 2.97. The Bertz CT molecular complexity index is 633. The first kappa shape index (κ1) is 12.0. The second-order valence-corrected chi connectivity index (χ2v) is 5.15. The van der Waals surface area contributed by atoms with Crippen LogP contribution in [0.3, 0.4) is 0 Å². The Hall–Kier alpha value is -2.10. The summed E-state index contributed by atoms with van der Waals surface area (Å²) in [6.45, 7) is 1.98. The molecule has 0 amide bonds. The lowest BCUT2D eigenvalue weighted by Crippen LogP contribution is -2.21. The van der Waals surface area contributed by atoms with Crippen molar-refractivity contribution in [2.75, 3.05) is 0 Å². The van der Waals surface area contributed by atoms with Gasteiger partial charge >= 0.3 is 5.97 Å². The van der Waals surface area contributed by atoms with Crippen LogP contribution in [0.25, 0.3) is 11.1 Å². The lowest BCUT2D eigenvalue weighted by atomic mass is 9.87.